The summed E-state index contributed by atoms with van der Waals surface area (Å²) in [6.07, 6.45) is 0. The molecule has 1 saturated heterocycles. The van der Waals surface area contributed by atoms with E-state index in [1.807, 2.05) is 12.1 Å². The zero-order valence-corrected chi connectivity index (χ0v) is 15.4. The summed E-state index contributed by atoms with van der Waals surface area (Å²) in [5.74, 6) is 0. The summed E-state index contributed by atoms with van der Waals surface area (Å²) in [6, 6.07) is 13.3. The SMILES string of the molecule is Cc1ccccc1C[NH+]1CCN(S(=O)(=O)c2ccc([N+](=O)[O-])cc2)CC1. The predicted molar refractivity (Wildman–Crippen MR) is 97.4 cm³/mol. The maximum Gasteiger partial charge on any atom is 0.269 e. The molecular formula is C18H22N3O4S+. The van der Waals surface area contributed by atoms with Crippen molar-refractivity contribution in [2.24, 2.45) is 0 Å². The van der Waals surface area contributed by atoms with Crippen LogP contribution in [0.4, 0.5) is 5.69 Å². The number of sulfonamides is 1. The molecule has 2 aromatic rings. The quantitative estimate of drug-likeness (QED) is 0.623. The van der Waals surface area contributed by atoms with Gasteiger partial charge in [-0.05, 0) is 24.6 Å². The van der Waals surface area contributed by atoms with Crippen LogP contribution in [0.2, 0.25) is 0 Å². The number of nitrogens with one attached hydrogen (secondary N) is 1. The first-order chi connectivity index (χ1) is 12.4. The average Bonchev–Trinajstić information content (AvgIpc) is 2.64. The maximum absolute atomic E-state index is 12.7. The van der Waals surface area contributed by atoms with E-state index in [-0.39, 0.29) is 10.6 Å². The summed E-state index contributed by atoms with van der Waals surface area (Å²) in [5.41, 5.74) is 2.42. The lowest BCUT2D eigenvalue weighted by Crippen LogP contribution is -3.13. The second kappa shape index (κ2) is 7.53. The van der Waals surface area contributed by atoms with Crippen LogP contribution in [0, 0.1) is 17.0 Å². The van der Waals surface area contributed by atoms with E-state index in [0.29, 0.717) is 13.1 Å². The van der Waals surface area contributed by atoms with Gasteiger partial charge in [-0.2, -0.15) is 4.31 Å². The lowest BCUT2D eigenvalue weighted by molar-refractivity contribution is -0.917. The maximum atomic E-state index is 12.7. The van der Waals surface area contributed by atoms with Crippen LogP contribution in [-0.2, 0) is 16.6 Å². The Hall–Kier alpha value is -2.29. The molecule has 1 aliphatic heterocycles. The minimum absolute atomic E-state index is 0.102. The van der Waals surface area contributed by atoms with E-state index in [9.17, 15) is 18.5 Å². The molecule has 0 unspecified atom stereocenters. The second-order valence-electron chi connectivity index (χ2n) is 6.51. The number of benzene rings is 2. The van der Waals surface area contributed by atoms with Crippen molar-refractivity contribution in [1.29, 1.82) is 0 Å². The lowest BCUT2D eigenvalue weighted by Gasteiger charge is -2.31. The largest absolute Gasteiger partial charge is 0.329 e. The van der Waals surface area contributed by atoms with Gasteiger partial charge in [0, 0.05) is 17.7 Å². The van der Waals surface area contributed by atoms with Gasteiger partial charge in [0.25, 0.3) is 5.69 Å². The monoisotopic (exact) mass is 376 g/mol. The van der Waals surface area contributed by atoms with Crippen molar-refractivity contribution in [2.45, 2.75) is 18.4 Å². The van der Waals surface area contributed by atoms with Crippen LogP contribution in [-0.4, -0.2) is 43.8 Å². The summed E-state index contributed by atoms with van der Waals surface area (Å²) in [4.78, 5) is 11.6. The van der Waals surface area contributed by atoms with Gasteiger partial charge in [0.15, 0.2) is 0 Å². The number of hydrogen-bond acceptors (Lipinski definition) is 4. The summed E-state index contributed by atoms with van der Waals surface area (Å²) in [6.45, 7) is 5.34. The first kappa shape index (κ1) is 18.5. The van der Waals surface area contributed by atoms with Crippen LogP contribution >= 0.6 is 0 Å². The number of quaternary nitrogens is 1. The Balaban J connectivity index is 1.65. The number of nitrogens with zero attached hydrogens (tertiary/aromatic N) is 2. The fourth-order valence-electron chi connectivity index (χ4n) is 3.19. The first-order valence-electron chi connectivity index (χ1n) is 8.50. The highest BCUT2D eigenvalue weighted by atomic mass is 32.2. The Morgan fingerprint density at radius 2 is 1.69 bits per heavy atom. The van der Waals surface area contributed by atoms with E-state index in [1.165, 1.54) is 44.6 Å². The minimum atomic E-state index is -3.61. The third-order valence-corrected chi connectivity index (χ3v) is 6.73. The molecule has 26 heavy (non-hydrogen) atoms. The van der Waals surface area contributed by atoms with Gasteiger partial charge in [-0.25, -0.2) is 8.42 Å². The van der Waals surface area contributed by atoms with Crippen molar-refractivity contribution in [3.63, 3.8) is 0 Å². The van der Waals surface area contributed by atoms with Crippen LogP contribution in [0.5, 0.6) is 0 Å². The van der Waals surface area contributed by atoms with Crippen LogP contribution in [0.15, 0.2) is 53.4 Å². The number of non-ortho nitro benzene ring substituents is 1. The van der Waals surface area contributed by atoms with Crippen molar-refractivity contribution in [3.05, 3.63) is 69.8 Å². The van der Waals surface area contributed by atoms with E-state index >= 15 is 0 Å². The van der Waals surface area contributed by atoms with Gasteiger partial charge in [-0.1, -0.05) is 24.3 Å². The highest BCUT2D eigenvalue weighted by Crippen LogP contribution is 2.19. The van der Waals surface area contributed by atoms with Crippen molar-refractivity contribution < 1.29 is 18.2 Å². The minimum Gasteiger partial charge on any atom is -0.329 e. The number of piperazine rings is 1. The highest BCUT2D eigenvalue weighted by molar-refractivity contribution is 7.89. The molecule has 7 nitrogen and oxygen atoms in total. The Morgan fingerprint density at radius 1 is 1.08 bits per heavy atom. The molecule has 0 radical (unpaired) electrons. The molecule has 0 aliphatic carbocycles. The van der Waals surface area contributed by atoms with E-state index < -0.39 is 14.9 Å². The summed E-state index contributed by atoms with van der Waals surface area (Å²) in [5, 5.41) is 10.7. The highest BCUT2D eigenvalue weighted by Gasteiger charge is 2.30. The fraction of sp³-hybridized carbons (Fsp3) is 0.333. The molecule has 1 fully saturated rings. The van der Waals surface area contributed by atoms with Gasteiger partial charge < -0.3 is 4.90 Å². The van der Waals surface area contributed by atoms with E-state index in [4.69, 9.17) is 0 Å². The van der Waals surface area contributed by atoms with Crippen LogP contribution < -0.4 is 4.90 Å². The standard InChI is InChI=1S/C18H21N3O4S/c1-15-4-2-3-5-16(15)14-19-10-12-20(13-11-19)26(24,25)18-8-6-17(7-9-18)21(22)23/h2-9H,10-14H2,1H3/p+1. The average molecular weight is 376 g/mol. The fourth-order valence-corrected chi connectivity index (χ4v) is 4.63. The number of nitro groups is 1. The smallest absolute Gasteiger partial charge is 0.269 e. The van der Waals surface area contributed by atoms with Crippen LogP contribution in [0.3, 0.4) is 0 Å². The predicted octanol–water partition coefficient (Wildman–Crippen LogP) is 0.993. The molecule has 138 valence electrons. The van der Waals surface area contributed by atoms with Gasteiger partial charge in [-0.15, -0.1) is 0 Å². The van der Waals surface area contributed by atoms with E-state index in [0.717, 1.165) is 19.6 Å². The Labute approximate surface area is 153 Å². The van der Waals surface area contributed by atoms with Crippen molar-refractivity contribution in [1.82, 2.24) is 4.31 Å². The Bertz CT molecular complexity index is 889. The molecule has 1 aliphatic rings. The zero-order chi connectivity index (χ0) is 18.7. The molecule has 1 heterocycles. The van der Waals surface area contributed by atoms with Gasteiger partial charge >= 0.3 is 0 Å². The first-order valence-corrected chi connectivity index (χ1v) is 9.94. The topological polar surface area (TPSA) is 85.0 Å². The van der Waals surface area contributed by atoms with Gasteiger partial charge in [-0.3, -0.25) is 10.1 Å². The summed E-state index contributed by atoms with van der Waals surface area (Å²) >= 11 is 0. The van der Waals surface area contributed by atoms with Crippen molar-refractivity contribution in [3.8, 4) is 0 Å². The molecule has 1 N–H and O–H groups in total. The lowest BCUT2D eigenvalue weighted by atomic mass is 10.1. The zero-order valence-electron chi connectivity index (χ0n) is 14.6. The van der Waals surface area contributed by atoms with Crippen molar-refractivity contribution in [2.75, 3.05) is 26.2 Å². The number of rotatable bonds is 5. The van der Waals surface area contributed by atoms with Gasteiger partial charge in [0.2, 0.25) is 10.0 Å². The van der Waals surface area contributed by atoms with E-state index in [1.54, 1.807) is 0 Å². The molecular weight excluding hydrogens is 354 g/mol. The number of hydrogen-bond donors (Lipinski definition) is 1. The van der Waals surface area contributed by atoms with E-state index in [2.05, 4.69) is 19.1 Å². The second-order valence-corrected chi connectivity index (χ2v) is 8.45. The number of nitro benzene ring substituents is 1. The van der Waals surface area contributed by atoms with Gasteiger partial charge in [0.05, 0.1) is 36.0 Å². The molecule has 2 aromatic carbocycles. The third kappa shape index (κ3) is 3.92. The van der Waals surface area contributed by atoms with Crippen LogP contribution in [0.1, 0.15) is 11.1 Å². The third-order valence-electron chi connectivity index (χ3n) is 4.82. The molecule has 0 saturated carbocycles. The van der Waals surface area contributed by atoms with Crippen molar-refractivity contribution >= 4 is 15.7 Å². The molecule has 0 atom stereocenters. The molecule has 0 amide bonds. The molecule has 0 bridgehead atoms. The van der Waals surface area contributed by atoms with Crippen LogP contribution in [0.25, 0.3) is 0 Å². The normalized spacial score (nSPS) is 16.5. The summed E-state index contributed by atoms with van der Waals surface area (Å²) in [7, 11) is -3.61. The summed E-state index contributed by atoms with van der Waals surface area (Å²) < 4.78 is 26.9. The molecule has 8 heteroatoms. The molecule has 3 rings (SSSR count). The number of aryl methyl sites for hydroxylation is 1. The Morgan fingerprint density at radius 3 is 2.27 bits per heavy atom. The Kier molecular flexibility index (Phi) is 5.36. The molecule has 0 spiro atoms. The van der Waals surface area contributed by atoms with Gasteiger partial charge in [0.1, 0.15) is 6.54 Å². The molecule has 0 aromatic heterocycles.